The molecule has 0 aromatic heterocycles. The van der Waals surface area contributed by atoms with Crippen LogP contribution < -0.4 is 5.73 Å². The maximum absolute atomic E-state index is 11.6. The van der Waals surface area contributed by atoms with E-state index in [2.05, 4.69) is 0 Å². The van der Waals surface area contributed by atoms with E-state index in [-0.39, 0.29) is 24.9 Å². The third kappa shape index (κ3) is 6.63. The number of halogens is 1. The number of amides is 1. The summed E-state index contributed by atoms with van der Waals surface area (Å²) < 4.78 is 4.73. The summed E-state index contributed by atoms with van der Waals surface area (Å²) in [6.45, 7) is 3.97. The van der Waals surface area contributed by atoms with Gasteiger partial charge in [-0.05, 0) is 13.3 Å². The van der Waals surface area contributed by atoms with Gasteiger partial charge in [-0.1, -0.05) is 13.3 Å². The Labute approximate surface area is 103 Å². The van der Waals surface area contributed by atoms with Crippen LogP contribution in [-0.2, 0) is 14.3 Å². The number of nitrogens with two attached hydrogens (primary N) is 1. The summed E-state index contributed by atoms with van der Waals surface area (Å²) >= 11 is 0. The van der Waals surface area contributed by atoms with Crippen LogP contribution in [0, 0.1) is 0 Å². The number of esters is 1. The molecule has 6 heteroatoms. The van der Waals surface area contributed by atoms with Gasteiger partial charge in [0.15, 0.2) is 0 Å². The number of ether oxygens (including phenoxy) is 1. The molecule has 0 fully saturated rings. The molecule has 0 bridgehead atoms. The van der Waals surface area contributed by atoms with Gasteiger partial charge < -0.3 is 15.4 Å². The zero-order valence-electron chi connectivity index (χ0n) is 10.1. The van der Waals surface area contributed by atoms with Crippen LogP contribution in [0.4, 0.5) is 0 Å². The van der Waals surface area contributed by atoms with Crippen LogP contribution in [0.25, 0.3) is 0 Å². The van der Waals surface area contributed by atoms with Crippen LogP contribution in [-0.4, -0.2) is 43.0 Å². The molecular weight excluding hydrogens is 232 g/mol. The predicted molar refractivity (Wildman–Crippen MR) is 64.4 cm³/mol. The van der Waals surface area contributed by atoms with Gasteiger partial charge in [-0.2, -0.15) is 0 Å². The second-order valence-electron chi connectivity index (χ2n) is 3.39. The van der Waals surface area contributed by atoms with E-state index < -0.39 is 12.0 Å². The van der Waals surface area contributed by atoms with Crippen molar-refractivity contribution in [2.45, 2.75) is 32.7 Å². The molecule has 1 unspecified atom stereocenters. The molecule has 0 saturated heterocycles. The molecule has 1 atom stereocenters. The monoisotopic (exact) mass is 252 g/mol. The highest BCUT2D eigenvalue weighted by Crippen LogP contribution is 1.98. The van der Waals surface area contributed by atoms with Gasteiger partial charge in [0.05, 0.1) is 12.6 Å². The molecule has 0 saturated carbocycles. The second kappa shape index (κ2) is 9.42. The lowest BCUT2D eigenvalue weighted by Crippen LogP contribution is -2.43. The summed E-state index contributed by atoms with van der Waals surface area (Å²) in [5, 5.41) is 0. The molecule has 96 valence electrons. The van der Waals surface area contributed by atoms with Crippen molar-refractivity contribution < 1.29 is 14.3 Å². The van der Waals surface area contributed by atoms with Crippen LogP contribution in [0.3, 0.4) is 0 Å². The van der Waals surface area contributed by atoms with Gasteiger partial charge in [0.1, 0.15) is 6.54 Å². The van der Waals surface area contributed by atoms with Crippen molar-refractivity contribution in [2.24, 2.45) is 5.73 Å². The molecule has 0 rings (SSSR count). The molecular formula is C10H21ClN2O3. The smallest absolute Gasteiger partial charge is 0.325 e. The Morgan fingerprint density at radius 2 is 1.94 bits per heavy atom. The van der Waals surface area contributed by atoms with E-state index in [0.29, 0.717) is 13.0 Å². The molecule has 0 aliphatic rings. The van der Waals surface area contributed by atoms with Crippen LogP contribution in [0.5, 0.6) is 0 Å². The minimum Gasteiger partial charge on any atom is -0.465 e. The lowest BCUT2D eigenvalue weighted by molar-refractivity contribution is -0.148. The SMILES string of the molecule is CCCC(N)C(=O)N(C)CC(=O)OCC.Cl. The van der Waals surface area contributed by atoms with Crippen molar-refractivity contribution in [3.8, 4) is 0 Å². The quantitative estimate of drug-likeness (QED) is 0.701. The summed E-state index contributed by atoms with van der Waals surface area (Å²) in [6.07, 6.45) is 1.48. The molecule has 0 aromatic carbocycles. The maximum Gasteiger partial charge on any atom is 0.325 e. The largest absolute Gasteiger partial charge is 0.465 e. The average molecular weight is 253 g/mol. The third-order valence-corrected chi connectivity index (χ3v) is 1.96. The molecule has 0 aliphatic carbocycles. The Morgan fingerprint density at radius 3 is 2.38 bits per heavy atom. The van der Waals surface area contributed by atoms with Crippen molar-refractivity contribution in [3.05, 3.63) is 0 Å². The molecule has 2 N–H and O–H groups in total. The van der Waals surface area contributed by atoms with Gasteiger partial charge in [0, 0.05) is 7.05 Å². The minimum absolute atomic E-state index is 0. The van der Waals surface area contributed by atoms with Gasteiger partial charge >= 0.3 is 5.97 Å². The average Bonchev–Trinajstić information content (AvgIpc) is 2.17. The number of rotatable bonds is 6. The summed E-state index contributed by atoms with van der Waals surface area (Å²) in [6, 6.07) is -0.519. The van der Waals surface area contributed by atoms with E-state index in [1.165, 1.54) is 4.90 Å². The summed E-state index contributed by atoms with van der Waals surface area (Å²) in [7, 11) is 1.55. The predicted octanol–water partition coefficient (Wildman–Crippen LogP) is 0.557. The van der Waals surface area contributed by atoms with Crippen LogP contribution in [0.2, 0.25) is 0 Å². The Morgan fingerprint density at radius 1 is 1.38 bits per heavy atom. The number of carbonyl (C=O) groups excluding carboxylic acids is 2. The summed E-state index contributed by atoms with van der Waals surface area (Å²) in [5.41, 5.74) is 5.64. The first-order chi connectivity index (χ1) is 7.02. The van der Waals surface area contributed by atoms with E-state index in [4.69, 9.17) is 10.5 Å². The van der Waals surface area contributed by atoms with Gasteiger partial charge in [0.25, 0.3) is 0 Å². The molecule has 0 aliphatic heterocycles. The molecule has 16 heavy (non-hydrogen) atoms. The Balaban J connectivity index is 0. The number of likely N-dealkylation sites (N-methyl/N-ethyl adjacent to an activating group) is 1. The van der Waals surface area contributed by atoms with E-state index in [1.54, 1.807) is 14.0 Å². The first-order valence-electron chi connectivity index (χ1n) is 5.19. The van der Waals surface area contributed by atoms with Gasteiger partial charge in [-0.3, -0.25) is 9.59 Å². The normalized spacial score (nSPS) is 11.2. The standard InChI is InChI=1S/C10H20N2O3.ClH/c1-4-6-8(11)10(14)12(3)7-9(13)15-5-2;/h8H,4-7,11H2,1-3H3;1H. The third-order valence-electron chi connectivity index (χ3n) is 1.96. The highest BCUT2D eigenvalue weighted by Gasteiger charge is 2.19. The van der Waals surface area contributed by atoms with E-state index >= 15 is 0 Å². The van der Waals surface area contributed by atoms with Crippen molar-refractivity contribution in [2.75, 3.05) is 20.2 Å². The van der Waals surface area contributed by atoms with Crippen molar-refractivity contribution in [1.29, 1.82) is 0 Å². The number of nitrogens with zero attached hydrogens (tertiary/aromatic N) is 1. The number of hydrogen-bond acceptors (Lipinski definition) is 4. The lowest BCUT2D eigenvalue weighted by Gasteiger charge is -2.19. The second-order valence-corrected chi connectivity index (χ2v) is 3.39. The maximum atomic E-state index is 11.6. The number of hydrogen-bond donors (Lipinski definition) is 1. The fourth-order valence-electron chi connectivity index (χ4n) is 1.20. The zero-order valence-corrected chi connectivity index (χ0v) is 10.9. The molecule has 0 aromatic rings. The van der Waals surface area contributed by atoms with Crippen molar-refractivity contribution in [3.63, 3.8) is 0 Å². The minimum atomic E-state index is -0.519. The van der Waals surface area contributed by atoms with Crippen molar-refractivity contribution in [1.82, 2.24) is 4.90 Å². The van der Waals surface area contributed by atoms with Crippen molar-refractivity contribution >= 4 is 24.3 Å². The van der Waals surface area contributed by atoms with E-state index in [0.717, 1.165) is 6.42 Å². The molecule has 0 radical (unpaired) electrons. The van der Waals surface area contributed by atoms with Crippen LogP contribution in [0.1, 0.15) is 26.7 Å². The molecule has 0 heterocycles. The first kappa shape index (κ1) is 17.6. The molecule has 0 spiro atoms. The summed E-state index contributed by atoms with van der Waals surface area (Å²) in [5.74, 6) is -0.623. The molecule has 5 nitrogen and oxygen atoms in total. The van der Waals surface area contributed by atoms with E-state index in [9.17, 15) is 9.59 Å². The van der Waals surface area contributed by atoms with Gasteiger partial charge in [-0.15, -0.1) is 12.4 Å². The van der Waals surface area contributed by atoms with Gasteiger partial charge in [0.2, 0.25) is 5.91 Å². The highest BCUT2D eigenvalue weighted by atomic mass is 35.5. The Hall–Kier alpha value is -0.810. The topological polar surface area (TPSA) is 72.6 Å². The fourth-order valence-corrected chi connectivity index (χ4v) is 1.20. The highest BCUT2D eigenvalue weighted by molar-refractivity contribution is 5.85. The Kier molecular flexibility index (Phi) is 10.3. The van der Waals surface area contributed by atoms with Gasteiger partial charge in [-0.25, -0.2) is 0 Å². The lowest BCUT2D eigenvalue weighted by atomic mass is 10.1. The zero-order chi connectivity index (χ0) is 11.8. The van der Waals surface area contributed by atoms with Crippen LogP contribution >= 0.6 is 12.4 Å². The Bertz CT molecular complexity index is 224. The molecule has 1 amide bonds. The fraction of sp³-hybridized carbons (Fsp3) is 0.800. The van der Waals surface area contributed by atoms with Crippen LogP contribution in [0.15, 0.2) is 0 Å². The summed E-state index contributed by atoms with van der Waals surface area (Å²) in [4.78, 5) is 24.0. The van der Waals surface area contributed by atoms with E-state index in [1.807, 2.05) is 6.92 Å². The number of carbonyl (C=O) groups is 2. The first-order valence-corrected chi connectivity index (χ1v) is 5.19.